The molecule has 5 heteroatoms. The quantitative estimate of drug-likeness (QED) is 0.324. The lowest BCUT2D eigenvalue weighted by Gasteiger charge is -2.24. The van der Waals surface area contributed by atoms with E-state index in [4.69, 9.17) is 10.9 Å². The smallest absolute Gasteiger partial charge is 0.225 e. The summed E-state index contributed by atoms with van der Waals surface area (Å²) in [4.78, 5) is 11.9. The molecule has 4 N–H and O–H groups in total. The largest absolute Gasteiger partial charge is 0.409 e. The van der Waals surface area contributed by atoms with E-state index in [1.807, 2.05) is 31.2 Å². The number of carbonyl (C=O) groups is 1. The fraction of sp³-hybridized carbons (Fsp3) is 0.385. The molecule has 1 amide bonds. The van der Waals surface area contributed by atoms with E-state index in [1.54, 1.807) is 13.8 Å². The Hall–Kier alpha value is -2.04. The summed E-state index contributed by atoms with van der Waals surface area (Å²) in [7, 11) is 0. The number of rotatable bonds is 4. The highest BCUT2D eigenvalue weighted by Gasteiger charge is 2.25. The minimum absolute atomic E-state index is 0.0277. The molecule has 0 heterocycles. The number of benzene rings is 1. The molecule has 1 rings (SSSR count). The molecule has 5 nitrogen and oxygen atoms in total. The van der Waals surface area contributed by atoms with Crippen LogP contribution in [0.1, 0.15) is 25.0 Å². The minimum Gasteiger partial charge on any atom is -0.409 e. The maximum absolute atomic E-state index is 11.9. The number of nitrogens with two attached hydrogens (primary N) is 1. The van der Waals surface area contributed by atoms with Crippen molar-refractivity contribution >= 4 is 11.7 Å². The molecule has 98 valence electrons. The second-order valence-electron chi connectivity index (χ2n) is 4.82. The molecule has 0 atom stereocenters. The monoisotopic (exact) mass is 249 g/mol. The van der Waals surface area contributed by atoms with E-state index in [0.29, 0.717) is 0 Å². The van der Waals surface area contributed by atoms with Crippen LogP contribution < -0.4 is 11.1 Å². The van der Waals surface area contributed by atoms with Gasteiger partial charge in [-0.05, 0) is 26.3 Å². The molecule has 1 aromatic carbocycles. The van der Waals surface area contributed by atoms with Gasteiger partial charge in [-0.15, -0.1) is 0 Å². The normalized spacial score (nSPS) is 12.3. The van der Waals surface area contributed by atoms with Crippen LogP contribution in [0.5, 0.6) is 0 Å². The van der Waals surface area contributed by atoms with Crippen LogP contribution in [0.4, 0.5) is 0 Å². The van der Waals surface area contributed by atoms with Gasteiger partial charge in [0.05, 0.1) is 12.0 Å². The Morgan fingerprint density at radius 1 is 1.50 bits per heavy atom. The summed E-state index contributed by atoms with van der Waals surface area (Å²) >= 11 is 0. The van der Waals surface area contributed by atoms with E-state index in [2.05, 4.69) is 10.5 Å². The molecule has 0 saturated carbocycles. The van der Waals surface area contributed by atoms with Gasteiger partial charge in [0.2, 0.25) is 5.91 Å². The van der Waals surface area contributed by atoms with Gasteiger partial charge in [-0.25, -0.2) is 0 Å². The minimum atomic E-state index is -0.865. The SMILES string of the molecule is Cc1cccc(CC(=O)NC(C)(C)C(N)=NO)c1. The van der Waals surface area contributed by atoms with Gasteiger partial charge in [-0.1, -0.05) is 35.0 Å². The van der Waals surface area contributed by atoms with Crippen molar-refractivity contribution in [2.24, 2.45) is 10.9 Å². The van der Waals surface area contributed by atoms with Crippen molar-refractivity contribution < 1.29 is 10.0 Å². The maximum atomic E-state index is 11.9. The van der Waals surface area contributed by atoms with Crippen LogP contribution >= 0.6 is 0 Å². The van der Waals surface area contributed by atoms with E-state index in [-0.39, 0.29) is 18.2 Å². The first-order valence-corrected chi connectivity index (χ1v) is 5.69. The van der Waals surface area contributed by atoms with Crippen LogP contribution in [0.15, 0.2) is 29.4 Å². The fourth-order valence-corrected chi connectivity index (χ4v) is 1.59. The molecule has 18 heavy (non-hydrogen) atoms. The van der Waals surface area contributed by atoms with Crippen molar-refractivity contribution in [2.75, 3.05) is 0 Å². The predicted octanol–water partition coefficient (Wildman–Crippen LogP) is 1.18. The van der Waals surface area contributed by atoms with Gasteiger partial charge in [0, 0.05) is 0 Å². The molecule has 0 bridgehead atoms. The van der Waals surface area contributed by atoms with Crippen molar-refractivity contribution in [2.45, 2.75) is 32.7 Å². The molecule has 0 saturated heterocycles. The van der Waals surface area contributed by atoms with E-state index < -0.39 is 5.54 Å². The summed E-state index contributed by atoms with van der Waals surface area (Å²) < 4.78 is 0. The van der Waals surface area contributed by atoms with Gasteiger partial charge >= 0.3 is 0 Å². The molecular weight excluding hydrogens is 230 g/mol. The van der Waals surface area contributed by atoms with Crippen molar-refractivity contribution in [3.05, 3.63) is 35.4 Å². The van der Waals surface area contributed by atoms with Crippen LogP contribution in [-0.4, -0.2) is 22.5 Å². The third-order valence-corrected chi connectivity index (χ3v) is 2.65. The molecule has 0 unspecified atom stereocenters. The van der Waals surface area contributed by atoms with Crippen LogP contribution in [-0.2, 0) is 11.2 Å². The molecule has 0 fully saturated rings. The van der Waals surface area contributed by atoms with Gasteiger partial charge < -0.3 is 16.3 Å². The van der Waals surface area contributed by atoms with Gasteiger partial charge in [-0.2, -0.15) is 0 Å². The van der Waals surface area contributed by atoms with Crippen molar-refractivity contribution in [1.29, 1.82) is 0 Å². The van der Waals surface area contributed by atoms with Crippen LogP contribution in [0, 0.1) is 6.92 Å². The average molecular weight is 249 g/mol. The highest BCUT2D eigenvalue weighted by molar-refractivity contribution is 5.93. The standard InChI is InChI=1S/C13H19N3O2/c1-9-5-4-6-10(7-9)8-11(17)15-13(2,3)12(14)16-18/h4-7,18H,8H2,1-3H3,(H2,14,16)(H,15,17). The third-order valence-electron chi connectivity index (χ3n) is 2.65. The first-order valence-electron chi connectivity index (χ1n) is 5.69. The van der Waals surface area contributed by atoms with Crippen molar-refractivity contribution in [1.82, 2.24) is 5.32 Å². The van der Waals surface area contributed by atoms with E-state index in [0.717, 1.165) is 11.1 Å². The number of hydrogen-bond acceptors (Lipinski definition) is 3. The Bertz CT molecular complexity index is 467. The summed E-state index contributed by atoms with van der Waals surface area (Å²) in [6, 6.07) is 7.73. The summed E-state index contributed by atoms with van der Waals surface area (Å²) in [6.45, 7) is 5.33. The zero-order valence-corrected chi connectivity index (χ0v) is 10.9. The maximum Gasteiger partial charge on any atom is 0.225 e. The number of nitrogens with one attached hydrogen (secondary N) is 1. The number of amidine groups is 1. The van der Waals surface area contributed by atoms with E-state index in [1.165, 1.54) is 0 Å². The van der Waals surface area contributed by atoms with Crippen molar-refractivity contribution in [3.63, 3.8) is 0 Å². The molecule has 0 spiro atoms. The van der Waals surface area contributed by atoms with Gasteiger partial charge in [0.15, 0.2) is 5.84 Å². The first-order chi connectivity index (χ1) is 8.35. The lowest BCUT2D eigenvalue weighted by molar-refractivity contribution is -0.121. The van der Waals surface area contributed by atoms with E-state index >= 15 is 0 Å². The van der Waals surface area contributed by atoms with Crippen LogP contribution in [0.2, 0.25) is 0 Å². The summed E-state index contributed by atoms with van der Waals surface area (Å²) in [6.07, 6.45) is 0.268. The molecular formula is C13H19N3O2. The topological polar surface area (TPSA) is 87.7 Å². The van der Waals surface area contributed by atoms with Gasteiger partial charge in [0.1, 0.15) is 0 Å². The zero-order chi connectivity index (χ0) is 13.8. The summed E-state index contributed by atoms with van der Waals surface area (Å²) in [5.74, 6) is -0.197. The molecule has 0 aromatic heterocycles. The Kier molecular flexibility index (Phi) is 4.31. The molecule has 1 aromatic rings. The number of aryl methyl sites for hydroxylation is 1. The average Bonchev–Trinajstić information content (AvgIpc) is 2.26. The Labute approximate surface area is 107 Å². The molecule has 0 radical (unpaired) electrons. The Balaban J connectivity index is 2.68. The van der Waals surface area contributed by atoms with Gasteiger partial charge in [0.25, 0.3) is 0 Å². The second kappa shape index (κ2) is 5.53. The number of oxime groups is 1. The van der Waals surface area contributed by atoms with Crippen molar-refractivity contribution in [3.8, 4) is 0 Å². The first kappa shape index (κ1) is 14.0. The zero-order valence-electron chi connectivity index (χ0n) is 10.9. The van der Waals surface area contributed by atoms with Crippen LogP contribution in [0.25, 0.3) is 0 Å². The summed E-state index contributed by atoms with van der Waals surface area (Å²) in [5, 5.41) is 14.3. The fourth-order valence-electron chi connectivity index (χ4n) is 1.59. The lowest BCUT2D eigenvalue weighted by atomic mass is 10.0. The Morgan fingerprint density at radius 2 is 2.17 bits per heavy atom. The highest BCUT2D eigenvalue weighted by Crippen LogP contribution is 2.07. The van der Waals surface area contributed by atoms with E-state index in [9.17, 15) is 4.79 Å². The van der Waals surface area contributed by atoms with Crippen LogP contribution in [0.3, 0.4) is 0 Å². The number of nitrogens with zero attached hydrogens (tertiary/aromatic N) is 1. The Morgan fingerprint density at radius 3 is 2.72 bits per heavy atom. The second-order valence-corrected chi connectivity index (χ2v) is 4.82. The number of carbonyl (C=O) groups excluding carboxylic acids is 1. The molecule has 0 aliphatic carbocycles. The predicted molar refractivity (Wildman–Crippen MR) is 70.5 cm³/mol. The third kappa shape index (κ3) is 3.76. The number of hydrogen-bond donors (Lipinski definition) is 3. The lowest BCUT2D eigenvalue weighted by Crippen LogP contribution is -2.53. The summed E-state index contributed by atoms with van der Waals surface area (Å²) in [5.41, 5.74) is 6.68. The molecule has 0 aliphatic rings. The highest BCUT2D eigenvalue weighted by atomic mass is 16.4. The molecule has 0 aliphatic heterocycles. The van der Waals surface area contributed by atoms with Gasteiger partial charge in [-0.3, -0.25) is 4.79 Å². The number of amides is 1.